The maximum Gasteiger partial charge on any atom is 0.407 e. The number of carbonyl (C=O) groups excluding carboxylic acids is 2. The summed E-state index contributed by atoms with van der Waals surface area (Å²) in [6.07, 6.45) is -4.87. The molecule has 1 aliphatic rings. The van der Waals surface area contributed by atoms with Crippen molar-refractivity contribution in [1.29, 1.82) is 0 Å². The van der Waals surface area contributed by atoms with Crippen LogP contribution in [0, 0.1) is 0 Å². The van der Waals surface area contributed by atoms with Gasteiger partial charge in [0.15, 0.2) is 0 Å². The maximum absolute atomic E-state index is 12.4. The minimum Gasteiger partial charge on any atom is -0.480 e. The molecule has 0 aromatic heterocycles. The van der Waals surface area contributed by atoms with Crippen molar-refractivity contribution in [3.05, 3.63) is 59.7 Å². The first-order chi connectivity index (χ1) is 15.3. The first kappa shape index (κ1) is 23.2. The zero-order chi connectivity index (χ0) is 23.3. The molecule has 0 spiro atoms. The van der Waals surface area contributed by atoms with Crippen molar-refractivity contribution in [2.24, 2.45) is 0 Å². The molecule has 1 aliphatic carbocycles. The number of amides is 2. The number of carboxylic acid groups (broad SMARTS) is 1. The molecule has 0 fully saturated rings. The number of ether oxygens (including phenoxy) is 1. The van der Waals surface area contributed by atoms with Gasteiger partial charge in [-0.15, -0.1) is 0 Å². The van der Waals surface area contributed by atoms with Crippen molar-refractivity contribution in [3.63, 3.8) is 0 Å². The van der Waals surface area contributed by atoms with E-state index in [1.807, 2.05) is 53.8 Å². The highest BCUT2D eigenvalue weighted by molar-refractivity contribution is 5.84. The summed E-state index contributed by atoms with van der Waals surface area (Å²) < 4.78 is 30.3. The average molecular weight is 446 g/mol. The lowest BCUT2D eigenvalue weighted by Gasteiger charge is -2.18. The van der Waals surface area contributed by atoms with Crippen LogP contribution in [0.2, 0.25) is 0 Å². The van der Waals surface area contributed by atoms with Crippen LogP contribution in [0.25, 0.3) is 11.1 Å². The summed E-state index contributed by atoms with van der Waals surface area (Å²) in [4.78, 5) is 35.2. The number of hydrogen-bond acceptors (Lipinski definition) is 4. The van der Waals surface area contributed by atoms with Crippen molar-refractivity contribution in [2.75, 3.05) is 6.61 Å². The van der Waals surface area contributed by atoms with Crippen molar-refractivity contribution in [1.82, 2.24) is 10.6 Å². The SMILES string of the molecule is C[C@@H](CC(=O)NC(CC(F)F)C(=O)O)NC(=O)OCC1c2ccccc2-c2ccccc21. The van der Waals surface area contributed by atoms with Gasteiger partial charge in [0.2, 0.25) is 12.3 Å². The zero-order valence-corrected chi connectivity index (χ0v) is 17.4. The Bertz CT molecular complexity index is 952. The van der Waals surface area contributed by atoms with Gasteiger partial charge in [-0.2, -0.15) is 0 Å². The summed E-state index contributed by atoms with van der Waals surface area (Å²) in [6, 6.07) is 13.4. The van der Waals surface area contributed by atoms with Crippen LogP contribution < -0.4 is 10.6 Å². The average Bonchev–Trinajstić information content (AvgIpc) is 3.05. The molecule has 2 amide bonds. The van der Waals surface area contributed by atoms with E-state index in [0.29, 0.717) is 0 Å². The first-order valence-electron chi connectivity index (χ1n) is 10.2. The molecular weight excluding hydrogens is 422 g/mol. The predicted octanol–water partition coefficient (Wildman–Crippen LogP) is 3.53. The second kappa shape index (κ2) is 10.2. The molecule has 0 radical (unpaired) electrons. The fraction of sp³-hybridized carbons (Fsp3) is 0.348. The molecule has 32 heavy (non-hydrogen) atoms. The summed E-state index contributed by atoms with van der Waals surface area (Å²) >= 11 is 0. The number of rotatable bonds is 9. The molecule has 9 heteroatoms. The molecule has 170 valence electrons. The molecular formula is C23H24F2N2O5. The van der Waals surface area contributed by atoms with Crippen LogP contribution >= 0.6 is 0 Å². The van der Waals surface area contributed by atoms with Gasteiger partial charge in [-0.1, -0.05) is 48.5 Å². The van der Waals surface area contributed by atoms with Crippen LogP contribution in [0.15, 0.2) is 48.5 Å². The van der Waals surface area contributed by atoms with E-state index in [4.69, 9.17) is 9.84 Å². The lowest BCUT2D eigenvalue weighted by atomic mass is 9.98. The number of fused-ring (bicyclic) bond motifs is 3. The first-order valence-corrected chi connectivity index (χ1v) is 10.2. The lowest BCUT2D eigenvalue weighted by molar-refractivity contribution is -0.143. The predicted molar refractivity (Wildman–Crippen MR) is 112 cm³/mol. The quantitative estimate of drug-likeness (QED) is 0.547. The van der Waals surface area contributed by atoms with E-state index in [1.54, 1.807) is 0 Å². The van der Waals surface area contributed by atoms with Gasteiger partial charge in [-0.05, 0) is 29.2 Å². The van der Waals surface area contributed by atoms with E-state index in [9.17, 15) is 23.2 Å². The monoisotopic (exact) mass is 446 g/mol. The molecule has 0 bridgehead atoms. The number of halogens is 2. The van der Waals surface area contributed by atoms with Crippen LogP contribution in [-0.4, -0.2) is 48.2 Å². The second-order valence-corrected chi connectivity index (χ2v) is 7.66. The maximum atomic E-state index is 12.4. The Morgan fingerprint density at radius 1 is 1.00 bits per heavy atom. The number of carbonyl (C=O) groups is 3. The molecule has 0 saturated heterocycles. The van der Waals surface area contributed by atoms with Crippen molar-refractivity contribution < 1.29 is 33.0 Å². The third kappa shape index (κ3) is 5.60. The smallest absolute Gasteiger partial charge is 0.407 e. The minimum atomic E-state index is -2.87. The highest BCUT2D eigenvalue weighted by Gasteiger charge is 2.29. The van der Waals surface area contributed by atoms with E-state index in [-0.39, 0.29) is 18.9 Å². The summed E-state index contributed by atoms with van der Waals surface area (Å²) in [5.74, 6) is -2.42. The summed E-state index contributed by atoms with van der Waals surface area (Å²) in [5.41, 5.74) is 4.32. The van der Waals surface area contributed by atoms with Crippen LogP contribution in [0.3, 0.4) is 0 Å². The molecule has 0 aliphatic heterocycles. The normalized spacial score (nSPS) is 14.2. The minimum absolute atomic E-state index is 0.105. The van der Waals surface area contributed by atoms with Gasteiger partial charge in [0.25, 0.3) is 0 Å². The van der Waals surface area contributed by atoms with Gasteiger partial charge >= 0.3 is 12.1 Å². The molecule has 3 rings (SSSR count). The van der Waals surface area contributed by atoms with Crippen molar-refractivity contribution >= 4 is 18.0 Å². The zero-order valence-electron chi connectivity index (χ0n) is 17.4. The number of nitrogens with one attached hydrogen (secondary N) is 2. The number of aliphatic carboxylic acids is 1. The van der Waals surface area contributed by atoms with Crippen LogP contribution in [-0.2, 0) is 14.3 Å². The molecule has 0 heterocycles. The molecule has 3 N–H and O–H groups in total. The van der Waals surface area contributed by atoms with Gasteiger partial charge in [-0.25, -0.2) is 18.4 Å². The van der Waals surface area contributed by atoms with Crippen LogP contribution in [0.4, 0.5) is 13.6 Å². The molecule has 2 aromatic carbocycles. The van der Waals surface area contributed by atoms with E-state index >= 15 is 0 Å². The Morgan fingerprint density at radius 2 is 1.56 bits per heavy atom. The number of alkyl carbamates (subject to hydrolysis) is 1. The molecule has 7 nitrogen and oxygen atoms in total. The molecule has 0 saturated carbocycles. The molecule has 2 atom stereocenters. The lowest BCUT2D eigenvalue weighted by Crippen LogP contribution is -2.45. The summed E-state index contributed by atoms with van der Waals surface area (Å²) in [6.45, 7) is 1.64. The number of alkyl halides is 2. The van der Waals surface area contributed by atoms with E-state index in [0.717, 1.165) is 22.3 Å². The Balaban J connectivity index is 1.52. The van der Waals surface area contributed by atoms with Crippen LogP contribution in [0.5, 0.6) is 0 Å². The van der Waals surface area contributed by atoms with Crippen molar-refractivity contribution in [3.8, 4) is 11.1 Å². The van der Waals surface area contributed by atoms with Gasteiger partial charge in [0, 0.05) is 24.8 Å². The van der Waals surface area contributed by atoms with Gasteiger partial charge in [-0.3, -0.25) is 4.79 Å². The Hall–Kier alpha value is -3.49. The fourth-order valence-corrected chi connectivity index (χ4v) is 3.82. The van der Waals surface area contributed by atoms with Gasteiger partial charge in [0.05, 0.1) is 0 Å². The highest BCUT2D eigenvalue weighted by Crippen LogP contribution is 2.44. The fourth-order valence-electron chi connectivity index (χ4n) is 3.82. The van der Waals surface area contributed by atoms with Crippen molar-refractivity contribution in [2.45, 2.75) is 44.2 Å². The van der Waals surface area contributed by atoms with E-state index in [2.05, 4.69) is 5.32 Å². The number of benzene rings is 2. The molecule has 1 unspecified atom stereocenters. The Labute approximate surface area is 183 Å². The molecule has 2 aromatic rings. The second-order valence-electron chi connectivity index (χ2n) is 7.66. The standard InChI is InChI=1S/C23H24F2N2O5/c1-13(10-21(28)27-19(22(29)30)11-20(24)25)26-23(31)32-12-18-16-8-4-2-6-14(16)15-7-3-5-9-17(15)18/h2-9,13,18-20H,10-12H2,1H3,(H,26,31)(H,27,28)(H,29,30)/t13-,19?/m0/s1. The van der Waals surface area contributed by atoms with Crippen LogP contribution in [0.1, 0.15) is 36.8 Å². The largest absolute Gasteiger partial charge is 0.480 e. The van der Waals surface area contributed by atoms with E-state index < -0.39 is 42.9 Å². The van der Waals surface area contributed by atoms with Gasteiger partial charge < -0.3 is 20.5 Å². The summed E-state index contributed by atoms with van der Waals surface area (Å²) in [5, 5.41) is 13.5. The third-order valence-electron chi connectivity index (χ3n) is 5.25. The summed E-state index contributed by atoms with van der Waals surface area (Å²) in [7, 11) is 0. The highest BCUT2D eigenvalue weighted by atomic mass is 19.3. The number of carboxylic acids is 1. The van der Waals surface area contributed by atoms with E-state index in [1.165, 1.54) is 6.92 Å². The topological polar surface area (TPSA) is 105 Å². The Kier molecular flexibility index (Phi) is 7.40. The number of hydrogen-bond donors (Lipinski definition) is 3. The Morgan fingerprint density at radius 3 is 2.09 bits per heavy atom. The van der Waals surface area contributed by atoms with Gasteiger partial charge in [0.1, 0.15) is 12.6 Å². The third-order valence-corrected chi connectivity index (χ3v) is 5.25.